The summed E-state index contributed by atoms with van der Waals surface area (Å²) in [5.74, 6) is 0. The maximum atomic E-state index is 12.0. The summed E-state index contributed by atoms with van der Waals surface area (Å²) in [6.45, 7) is 13.1. The van der Waals surface area contributed by atoms with Gasteiger partial charge in [0.05, 0.1) is 6.10 Å². The van der Waals surface area contributed by atoms with Crippen molar-refractivity contribution in [3.63, 3.8) is 0 Å². The largest absolute Gasteiger partial charge is 0.444 e. The Bertz CT molecular complexity index is 328. The SMILES string of the molecule is CCC1CC(NCCCN(CC)C(=O)OC(C)(C)C)CCO1. The second-order valence-electron chi connectivity index (χ2n) is 6.99. The number of nitrogens with zero attached hydrogens (tertiary/aromatic N) is 1. The first-order chi connectivity index (χ1) is 10.4. The summed E-state index contributed by atoms with van der Waals surface area (Å²) in [4.78, 5) is 13.8. The molecule has 2 unspecified atom stereocenters. The van der Waals surface area contributed by atoms with Crippen molar-refractivity contribution in [3.8, 4) is 0 Å². The zero-order valence-corrected chi connectivity index (χ0v) is 15.0. The number of carbonyl (C=O) groups excluding carboxylic acids is 1. The normalized spacial score (nSPS) is 22.4. The molecule has 2 atom stereocenters. The highest BCUT2D eigenvalue weighted by Gasteiger charge is 2.22. The van der Waals surface area contributed by atoms with Crippen molar-refractivity contribution in [1.82, 2.24) is 10.2 Å². The van der Waals surface area contributed by atoms with E-state index < -0.39 is 5.60 Å². The first kappa shape index (κ1) is 19.2. The van der Waals surface area contributed by atoms with Crippen LogP contribution in [-0.2, 0) is 9.47 Å². The summed E-state index contributed by atoms with van der Waals surface area (Å²) in [6, 6.07) is 0.551. The predicted octanol–water partition coefficient (Wildman–Crippen LogP) is 3.18. The Morgan fingerprint density at radius 1 is 1.36 bits per heavy atom. The summed E-state index contributed by atoms with van der Waals surface area (Å²) in [5.41, 5.74) is -0.431. The predicted molar refractivity (Wildman–Crippen MR) is 89.2 cm³/mol. The van der Waals surface area contributed by atoms with Crippen molar-refractivity contribution in [1.29, 1.82) is 0 Å². The third-order valence-corrected chi connectivity index (χ3v) is 3.89. The van der Waals surface area contributed by atoms with E-state index in [2.05, 4.69) is 12.2 Å². The van der Waals surface area contributed by atoms with Gasteiger partial charge in [0, 0.05) is 25.7 Å². The van der Waals surface area contributed by atoms with Crippen LogP contribution in [0.4, 0.5) is 4.79 Å². The molecule has 1 aliphatic heterocycles. The van der Waals surface area contributed by atoms with Crippen LogP contribution in [0.5, 0.6) is 0 Å². The van der Waals surface area contributed by atoms with Crippen LogP contribution in [0, 0.1) is 0 Å². The third kappa shape index (κ3) is 7.45. The molecule has 0 aromatic heterocycles. The van der Waals surface area contributed by atoms with E-state index in [1.165, 1.54) is 0 Å². The number of amides is 1. The van der Waals surface area contributed by atoms with Gasteiger partial charge in [0.25, 0.3) is 0 Å². The molecule has 22 heavy (non-hydrogen) atoms. The summed E-state index contributed by atoms with van der Waals surface area (Å²) in [7, 11) is 0. The van der Waals surface area contributed by atoms with Crippen LogP contribution in [-0.4, -0.2) is 55.0 Å². The Labute approximate surface area is 135 Å². The van der Waals surface area contributed by atoms with E-state index in [1.54, 1.807) is 4.90 Å². The van der Waals surface area contributed by atoms with Crippen LogP contribution in [0.1, 0.15) is 60.3 Å². The van der Waals surface area contributed by atoms with E-state index in [0.29, 0.717) is 18.7 Å². The van der Waals surface area contributed by atoms with E-state index in [0.717, 1.165) is 45.4 Å². The Hall–Kier alpha value is -0.810. The molecule has 5 nitrogen and oxygen atoms in total. The Kier molecular flexibility index (Phi) is 8.18. The Morgan fingerprint density at radius 2 is 2.09 bits per heavy atom. The molecule has 1 saturated heterocycles. The fourth-order valence-corrected chi connectivity index (χ4v) is 2.63. The van der Waals surface area contributed by atoms with Gasteiger partial charge in [0.1, 0.15) is 5.60 Å². The number of rotatable bonds is 7. The van der Waals surface area contributed by atoms with Gasteiger partial charge in [-0.25, -0.2) is 4.79 Å². The minimum absolute atomic E-state index is 0.216. The smallest absolute Gasteiger partial charge is 0.410 e. The van der Waals surface area contributed by atoms with E-state index in [-0.39, 0.29) is 6.09 Å². The minimum Gasteiger partial charge on any atom is -0.444 e. The number of hydrogen-bond donors (Lipinski definition) is 1. The number of carbonyl (C=O) groups is 1. The van der Waals surface area contributed by atoms with Gasteiger partial charge in [-0.2, -0.15) is 0 Å². The molecule has 1 heterocycles. The molecule has 0 aromatic rings. The zero-order valence-electron chi connectivity index (χ0n) is 15.0. The maximum Gasteiger partial charge on any atom is 0.410 e. The molecular weight excluding hydrogens is 280 g/mol. The van der Waals surface area contributed by atoms with Gasteiger partial charge >= 0.3 is 6.09 Å². The van der Waals surface area contributed by atoms with Crippen molar-refractivity contribution in [2.45, 2.75) is 78.0 Å². The molecule has 1 fully saturated rings. The molecule has 130 valence electrons. The van der Waals surface area contributed by atoms with E-state index in [1.807, 2.05) is 27.7 Å². The lowest BCUT2D eigenvalue weighted by Crippen LogP contribution is -2.41. The fraction of sp³-hybridized carbons (Fsp3) is 0.941. The zero-order chi connectivity index (χ0) is 16.6. The average Bonchev–Trinajstić information content (AvgIpc) is 2.45. The van der Waals surface area contributed by atoms with Crippen LogP contribution in [0.3, 0.4) is 0 Å². The molecule has 0 saturated carbocycles. The number of ether oxygens (including phenoxy) is 2. The highest BCUT2D eigenvalue weighted by molar-refractivity contribution is 5.68. The molecule has 0 spiro atoms. The maximum absolute atomic E-state index is 12.0. The highest BCUT2D eigenvalue weighted by atomic mass is 16.6. The Morgan fingerprint density at radius 3 is 2.68 bits per heavy atom. The summed E-state index contributed by atoms with van der Waals surface area (Å²) < 4.78 is 11.1. The molecule has 1 amide bonds. The van der Waals surface area contributed by atoms with Gasteiger partial charge in [-0.15, -0.1) is 0 Å². The molecule has 0 bridgehead atoms. The number of nitrogens with one attached hydrogen (secondary N) is 1. The topological polar surface area (TPSA) is 50.8 Å². The fourth-order valence-electron chi connectivity index (χ4n) is 2.63. The van der Waals surface area contributed by atoms with Gasteiger partial charge < -0.3 is 19.7 Å². The lowest BCUT2D eigenvalue weighted by atomic mass is 10.0. The minimum atomic E-state index is -0.431. The van der Waals surface area contributed by atoms with Crippen LogP contribution in [0.15, 0.2) is 0 Å². The summed E-state index contributed by atoms with van der Waals surface area (Å²) >= 11 is 0. The summed E-state index contributed by atoms with van der Waals surface area (Å²) in [6.07, 6.45) is 4.40. The van der Waals surface area contributed by atoms with Crippen LogP contribution >= 0.6 is 0 Å². The van der Waals surface area contributed by atoms with Gasteiger partial charge in [0.15, 0.2) is 0 Å². The lowest BCUT2D eigenvalue weighted by molar-refractivity contribution is -0.000153. The van der Waals surface area contributed by atoms with Gasteiger partial charge in [-0.1, -0.05) is 6.92 Å². The molecular formula is C17H34N2O3. The van der Waals surface area contributed by atoms with Crippen LogP contribution < -0.4 is 5.32 Å². The van der Waals surface area contributed by atoms with Crippen molar-refractivity contribution in [2.24, 2.45) is 0 Å². The van der Waals surface area contributed by atoms with Crippen molar-refractivity contribution in [2.75, 3.05) is 26.2 Å². The molecule has 1 rings (SSSR count). The first-order valence-corrected chi connectivity index (χ1v) is 8.68. The van der Waals surface area contributed by atoms with E-state index in [9.17, 15) is 4.79 Å². The molecule has 1 aliphatic rings. The van der Waals surface area contributed by atoms with Crippen LogP contribution in [0.2, 0.25) is 0 Å². The van der Waals surface area contributed by atoms with E-state index >= 15 is 0 Å². The van der Waals surface area contributed by atoms with E-state index in [4.69, 9.17) is 9.47 Å². The quantitative estimate of drug-likeness (QED) is 0.733. The van der Waals surface area contributed by atoms with Crippen molar-refractivity contribution in [3.05, 3.63) is 0 Å². The standard InChI is InChI=1S/C17H34N2O3/c1-6-15-13-14(9-12-21-15)18-10-8-11-19(7-2)16(20)22-17(3,4)5/h14-15,18H,6-13H2,1-5H3. The summed E-state index contributed by atoms with van der Waals surface area (Å²) in [5, 5.41) is 3.59. The molecule has 1 N–H and O–H groups in total. The van der Waals surface area contributed by atoms with Gasteiger partial charge in [-0.05, 0) is 59.9 Å². The molecule has 5 heteroatoms. The highest BCUT2D eigenvalue weighted by Crippen LogP contribution is 2.16. The Balaban J connectivity index is 2.22. The number of hydrogen-bond acceptors (Lipinski definition) is 4. The molecule has 0 aliphatic carbocycles. The van der Waals surface area contributed by atoms with Crippen molar-refractivity contribution < 1.29 is 14.3 Å². The van der Waals surface area contributed by atoms with Crippen LogP contribution in [0.25, 0.3) is 0 Å². The molecule has 0 aromatic carbocycles. The van der Waals surface area contributed by atoms with Gasteiger partial charge in [-0.3, -0.25) is 0 Å². The second-order valence-corrected chi connectivity index (χ2v) is 6.99. The average molecular weight is 314 g/mol. The molecule has 0 radical (unpaired) electrons. The first-order valence-electron chi connectivity index (χ1n) is 8.68. The van der Waals surface area contributed by atoms with Crippen molar-refractivity contribution >= 4 is 6.09 Å². The van der Waals surface area contributed by atoms with Gasteiger partial charge in [0.2, 0.25) is 0 Å². The second kappa shape index (κ2) is 9.36. The monoisotopic (exact) mass is 314 g/mol. The lowest BCUT2D eigenvalue weighted by Gasteiger charge is -2.30. The third-order valence-electron chi connectivity index (χ3n) is 3.89.